The maximum atomic E-state index is 12.4. The van der Waals surface area contributed by atoms with Gasteiger partial charge < -0.3 is 9.64 Å². The molecule has 3 rings (SSSR count). The number of carbonyl (C=O) groups excluding carboxylic acids is 1. The zero-order chi connectivity index (χ0) is 18.0. The lowest BCUT2D eigenvalue weighted by atomic mass is 10.2. The van der Waals surface area contributed by atoms with Crippen molar-refractivity contribution in [1.82, 2.24) is 4.31 Å². The van der Waals surface area contributed by atoms with Crippen molar-refractivity contribution in [2.24, 2.45) is 0 Å². The average Bonchev–Trinajstić information content (AvgIpc) is 3.03. The standard InChI is InChI=1S/C18H20N2O4S/c1-19(2)25(22,23)16-8-9-17-14(12-16)10-11-20(17)18(21)13-24-15-6-4-3-5-7-15/h3-9,12H,10-11,13H2,1-2H3. The molecule has 132 valence electrons. The summed E-state index contributed by atoms with van der Waals surface area (Å²) in [5, 5.41) is 0. The van der Waals surface area contributed by atoms with Crippen molar-refractivity contribution in [3.05, 3.63) is 54.1 Å². The third-order valence-corrected chi connectivity index (χ3v) is 5.94. The molecule has 7 heteroatoms. The van der Waals surface area contributed by atoms with Gasteiger partial charge in [-0.2, -0.15) is 0 Å². The van der Waals surface area contributed by atoms with Crippen molar-refractivity contribution in [3.8, 4) is 5.75 Å². The fourth-order valence-electron chi connectivity index (χ4n) is 2.75. The number of fused-ring (bicyclic) bond motifs is 1. The highest BCUT2D eigenvalue weighted by Gasteiger charge is 2.27. The summed E-state index contributed by atoms with van der Waals surface area (Å²) in [4.78, 5) is 14.3. The number of carbonyl (C=O) groups is 1. The minimum atomic E-state index is -3.48. The molecule has 1 amide bonds. The summed E-state index contributed by atoms with van der Waals surface area (Å²) in [6.07, 6.45) is 0.628. The van der Waals surface area contributed by atoms with E-state index >= 15 is 0 Å². The van der Waals surface area contributed by atoms with E-state index < -0.39 is 10.0 Å². The maximum absolute atomic E-state index is 12.4. The van der Waals surface area contributed by atoms with Crippen LogP contribution in [0.2, 0.25) is 0 Å². The molecule has 0 saturated carbocycles. The summed E-state index contributed by atoms with van der Waals surface area (Å²) in [5.41, 5.74) is 1.61. The van der Waals surface area contributed by atoms with Gasteiger partial charge in [-0.05, 0) is 42.3 Å². The number of sulfonamides is 1. The Balaban J connectivity index is 1.75. The van der Waals surface area contributed by atoms with Crippen LogP contribution in [0.5, 0.6) is 5.75 Å². The second kappa shape index (κ2) is 6.85. The molecule has 0 unspecified atom stereocenters. The first-order valence-electron chi connectivity index (χ1n) is 7.93. The zero-order valence-electron chi connectivity index (χ0n) is 14.2. The van der Waals surface area contributed by atoms with E-state index in [1.807, 2.05) is 18.2 Å². The number of benzene rings is 2. The fourth-order valence-corrected chi connectivity index (χ4v) is 3.70. The number of hydrogen-bond acceptors (Lipinski definition) is 4. The molecule has 0 fully saturated rings. The number of rotatable bonds is 5. The fraction of sp³-hybridized carbons (Fsp3) is 0.278. The Morgan fingerprint density at radius 3 is 2.56 bits per heavy atom. The largest absolute Gasteiger partial charge is 0.484 e. The Kier molecular flexibility index (Phi) is 4.78. The monoisotopic (exact) mass is 360 g/mol. The van der Waals surface area contributed by atoms with E-state index in [1.54, 1.807) is 29.2 Å². The van der Waals surface area contributed by atoms with Crippen LogP contribution in [0.4, 0.5) is 5.69 Å². The first-order valence-corrected chi connectivity index (χ1v) is 9.37. The van der Waals surface area contributed by atoms with Gasteiger partial charge in [-0.25, -0.2) is 12.7 Å². The average molecular weight is 360 g/mol. The van der Waals surface area contributed by atoms with Gasteiger partial charge in [0.15, 0.2) is 6.61 Å². The van der Waals surface area contributed by atoms with Gasteiger partial charge in [0.05, 0.1) is 4.90 Å². The molecular weight excluding hydrogens is 340 g/mol. The highest BCUT2D eigenvalue weighted by molar-refractivity contribution is 7.89. The highest BCUT2D eigenvalue weighted by atomic mass is 32.2. The highest BCUT2D eigenvalue weighted by Crippen LogP contribution is 2.31. The third-order valence-electron chi connectivity index (χ3n) is 4.13. The normalized spacial score (nSPS) is 13.8. The van der Waals surface area contributed by atoms with Crippen LogP contribution in [-0.4, -0.2) is 45.9 Å². The van der Waals surface area contributed by atoms with Gasteiger partial charge in [0.25, 0.3) is 5.91 Å². The number of para-hydroxylation sites is 1. The molecule has 2 aromatic carbocycles. The zero-order valence-corrected chi connectivity index (χ0v) is 15.0. The molecule has 0 radical (unpaired) electrons. The number of hydrogen-bond donors (Lipinski definition) is 0. The van der Waals surface area contributed by atoms with Crippen LogP contribution >= 0.6 is 0 Å². The first-order chi connectivity index (χ1) is 11.9. The summed E-state index contributed by atoms with van der Waals surface area (Å²) in [5.74, 6) is 0.494. The maximum Gasteiger partial charge on any atom is 0.264 e. The molecule has 0 saturated heterocycles. The number of nitrogens with zero attached hydrogens (tertiary/aromatic N) is 2. The molecule has 1 heterocycles. The topological polar surface area (TPSA) is 66.9 Å². The van der Waals surface area contributed by atoms with Crippen molar-refractivity contribution in [3.63, 3.8) is 0 Å². The van der Waals surface area contributed by atoms with Gasteiger partial charge in [-0.15, -0.1) is 0 Å². The van der Waals surface area contributed by atoms with Crippen molar-refractivity contribution in [2.45, 2.75) is 11.3 Å². The molecule has 0 N–H and O–H groups in total. The van der Waals surface area contributed by atoms with E-state index in [1.165, 1.54) is 24.5 Å². The lowest BCUT2D eigenvalue weighted by Crippen LogP contribution is -2.33. The Hall–Kier alpha value is -2.38. The molecule has 1 aliphatic heterocycles. The van der Waals surface area contributed by atoms with E-state index in [-0.39, 0.29) is 17.4 Å². The predicted molar refractivity (Wildman–Crippen MR) is 95.3 cm³/mol. The Labute approximate surface area is 147 Å². The summed E-state index contributed by atoms with van der Waals surface area (Å²) >= 11 is 0. The van der Waals surface area contributed by atoms with E-state index in [0.717, 1.165) is 11.3 Å². The molecule has 0 atom stereocenters. The molecule has 6 nitrogen and oxygen atoms in total. The van der Waals surface area contributed by atoms with Gasteiger partial charge >= 0.3 is 0 Å². The van der Waals surface area contributed by atoms with Gasteiger partial charge in [0, 0.05) is 26.3 Å². The molecule has 0 aliphatic carbocycles. The van der Waals surface area contributed by atoms with Crippen LogP contribution in [0.3, 0.4) is 0 Å². The van der Waals surface area contributed by atoms with E-state index in [2.05, 4.69) is 0 Å². The number of anilines is 1. The summed E-state index contributed by atoms with van der Waals surface area (Å²) < 4.78 is 31.2. The number of amides is 1. The number of ether oxygens (including phenoxy) is 1. The lowest BCUT2D eigenvalue weighted by Gasteiger charge is -2.18. The third kappa shape index (κ3) is 3.52. The Morgan fingerprint density at radius 2 is 1.88 bits per heavy atom. The van der Waals surface area contributed by atoms with E-state index in [9.17, 15) is 13.2 Å². The second-order valence-corrected chi connectivity index (χ2v) is 8.13. The first kappa shape index (κ1) is 17.4. The van der Waals surface area contributed by atoms with Crippen molar-refractivity contribution in [2.75, 3.05) is 32.1 Å². The Bertz CT molecular complexity index is 879. The van der Waals surface area contributed by atoms with Crippen LogP contribution in [-0.2, 0) is 21.2 Å². The van der Waals surface area contributed by atoms with Crippen LogP contribution in [0.15, 0.2) is 53.4 Å². The minimum absolute atomic E-state index is 0.0544. The van der Waals surface area contributed by atoms with Crippen LogP contribution < -0.4 is 9.64 Å². The van der Waals surface area contributed by atoms with E-state index in [4.69, 9.17) is 4.74 Å². The molecule has 0 bridgehead atoms. The summed E-state index contributed by atoms with van der Waals surface area (Å²) in [6, 6.07) is 14.0. The Morgan fingerprint density at radius 1 is 1.16 bits per heavy atom. The van der Waals surface area contributed by atoms with Crippen molar-refractivity contribution in [1.29, 1.82) is 0 Å². The molecular formula is C18H20N2O4S. The minimum Gasteiger partial charge on any atom is -0.484 e. The summed E-state index contributed by atoms with van der Waals surface area (Å²) in [6.45, 7) is 0.471. The molecule has 25 heavy (non-hydrogen) atoms. The summed E-state index contributed by atoms with van der Waals surface area (Å²) in [7, 11) is -0.479. The SMILES string of the molecule is CN(C)S(=O)(=O)c1ccc2c(c1)CCN2C(=O)COc1ccccc1. The predicted octanol–water partition coefficient (Wildman–Crippen LogP) is 1.91. The van der Waals surface area contributed by atoms with Crippen molar-refractivity contribution >= 4 is 21.6 Å². The van der Waals surface area contributed by atoms with Gasteiger partial charge in [-0.1, -0.05) is 18.2 Å². The molecule has 1 aliphatic rings. The van der Waals surface area contributed by atoms with Crippen molar-refractivity contribution < 1.29 is 17.9 Å². The molecule has 2 aromatic rings. The van der Waals surface area contributed by atoms with E-state index in [0.29, 0.717) is 18.7 Å². The van der Waals surface area contributed by atoms with Gasteiger partial charge in [0.1, 0.15) is 5.75 Å². The van der Waals surface area contributed by atoms with Gasteiger partial charge in [0.2, 0.25) is 10.0 Å². The van der Waals surface area contributed by atoms with Crippen LogP contribution in [0.25, 0.3) is 0 Å². The smallest absolute Gasteiger partial charge is 0.264 e. The lowest BCUT2D eigenvalue weighted by molar-refractivity contribution is -0.120. The quantitative estimate of drug-likeness (QED) is 0.817. The molecule has 0 aromatic heterocycles. The van der Waals surface area contributed by atoms with Gasteiger partial charge in [-0.3, -0.25) is 4.79 Å². The van der Waals surface area contributed by atoms with Crippen LogP contribution in [0, 0.1) is 0 Å². The van der Waals surface area contributed by atoms with Crippen LogP contribution in [0.1, 0.15) is 5.56 Å². The second-order valence-electron chi connectivity index (χ2n) is 5.98. The molecule has 0 spiro atoms.